The molecule has 0 aromatic heterocycles. The summed E-state index contributed by atoms with van der Waals surface area (Å²) < 4.78 is 0. The maximum atomic E-state index is 11.6. The molecule has 0 bridgehead atoms. The molecule has 1 heterocycles. The van der Waals surface area contributed by atoms with E-state index in [9.17, 15) is 5.11 Å². The molecule has 0 aliphatic carbocycles. The third-order valence-electron chi connectivity index (χ3n) is 5.87. The van der Waals surface area contributed by atoms with Gasteiger partial charge in [-0.1, -0.05) is 67.4 Å². The second kappa shape index (κ2) is 7.74. The topological polar surface area (TPSA) is 32.3 Å². The van der Waals surface area contributed by atoms with E-state index in [1.807, 2.05) is 54.6 Å². The molecule has 1 fully saturated rings. The smallest absolute Gasteiger partial charge is 0.0768 e. The Labute approximate surface area is 165 Å². The fourth-order valence-electron chi connectivity index (χ4n) is 4.19. The fourth-order valence-corrected chi connectivity index (χ4v) is 4.44. The van der Waals surface area contributed by atoms with Crippen LogP contribution in [0.2, 0.25) is 10.0 Å². The van der Waals surface area contributed by atoms with Gasteiger partial charge in [0.25, 0.3) is 0 Å². The van der Waals surface area contributed by atoms with Gasteiger partial charge in [-0.05, 0) is 41.8 Å². The summed E-state index contributed by atoms with van der Waals surface area (Å²) in [5.41, 5.74) is 1.38. The molecule has 1 unspecified atom stereocenters. The number of hydrogen-bond acceptors (Lipinski definition) is 2. The minimum Gasteiger partial charge on any atom is -0.389 e. The summed E-state index contributed by atoms with van der Waals surface area (Å²) in [5.74, 6) is 0.0282. The molecule has 2 aromatic carbocycles. The summed E-state index contributed by atoms with van der Waals surface area (Å²) in [6.07, 6.45) is 2.36. The SMILES string of the molecule is C=CCC1(O)[C@@H](C)[C@@H](c2ccc(Cl)cc2)N[C@@H](c2ccc(Cl)cc2)[C@@H]1C. The Morgan fingerprint density at radius 2 is 1.31 bits per heavy atom. The van der Waals surface area contributed by atoms with Crippen molar-refractivity contribution >= 4 is 23.2 Å². The quantitative estimate of drug-likeness (QED) is 0.632. The maximum Gasteiger partial charge on any atom is 0.0768 e. The number of aliphatic hydroxyl groups is 1. The third kappa shape index (κ3) is 3.57. The molecule has 0 spiro atoms. The van der Waals surface area contributed by atoms with Crippen LogP contribution in [0.3, 0.4) is 0 Å². The van der Waals surface area contributed by atoms with Crippen molar-refractivity contribution in [3.63, 3.8) is 0 Å². The van der Waals surface area contributed by atoms with E-state index in [1.54, 1.807) is 0 Å². The number of piperidine rings is 1. The standard InChI is InChI=1S/C22H25Cl2NO/c1-4-13-22(26)14(2)20(16-5-9-18(23)10-6-16)25-21(15(22)3)17-7-11-19(24)12-8-17/h4-12,14-15,20-21,25-26H,1,13H2,2-3H3/t14-,15-,20-,21+,22?/m0/s1. The molecule has 0 saturated carbocycles. The van der Waals surface area contributed by atoms with Crippen molar-refractivity contribution in [2.45, 2.75) is 38.0 Å². The number of rotatable bonds is 4. The summed E-state index contributed by atoms with van der Waals surface area (Å²) in [5, 5.41) is 16.8. The molecular weight excluding hydrogens is 365 g/mol. The average molecular weight is 390 g/mol. The highest BCUT2D eigenvalue weighted by atomic mass is 35.5. The highest BCUT2D eigenvalue weighted by Gasteiger charge is 2.50. The first-order valence-corrected chi connectivity index (χ1v) is 9.72. The summed E-state index contributed by atoms with van der Waals surface area (Å²) in [7, 11) is 0. The van der Waals surface area contributed by atoms with E-state index in [2.05, 4.69) is 25.7 Å². The molecular formula is C22H25Cl2NO. The van der Waals surface area contributed by atoms with Gasteiger partial charge in [-0.15, -0.1) is 6.58 Å². The molecule has 2 aromatic rings. The Hall–Kier alpha value is -1.32. The van der Waals surface area contributed by atoms with Crippen LogP contribution in [0, 0.1) is 11.8 Å². The van der Waals surface area contributed by atoms with Crippen LogP contribution in [-0.2, 0) is 0 Å². The van der Waals surface area contributed by atoms with Crippen molar-refractivity contribution in [3.05, 3.63) is 82.4 Å². The molecule has 0 radical (unpaired) electrons. The van der Waals surface area contributed by atoms with Gasteiger partial charge >= 0.3 is 0 Å². The van der Waals surface area contributed by atoms with Crippen LogP contribution in [-0.4, -0.2) is 10.7 Å². The van der Waals surface area contributed by atoms with Crippen molar-refractivity contribution in [2.75, 3.05) is 0 Å². The first-order valence-electron chi connectivity index (χ1n) is 8.97. The highest BCUT2D eigenvalue weighted by Crippen LogP contribution is 2.48. The lowest BCUT2D eigenvalue weighted by molar-refractivity contribution is -0.108. The van der Waals surface area contributed by atoms with Crippen LogP contribution >= 0.6 is 23.2 Å². The Morgan fingerprint density at radius 1 is 0.923 bits per heavy atom. The molecule has 26 heavy (non-hydrogen) atoms. The molecule has 2 N–H and O–H groups in total. The van der Waals surface area contributed by atoms with E-state index in [1.165, 1.54) is 0 Å². The molecule has 5 atom stereocenters. The van der Waals surface area contributed by atoms with Crippen LogP contribution in [0.4, 0.5) is 0 Å². The zero-order chi connectivity index (χ0) is 18.9. The van der Waals surface area contributed by atoms with Crippen molar-refractivity contribution in [1.82, 2.24) is 5.32 Å². The van der Waals surface area contributed by atoms with E-state index in [4.69, 9.17) is 23.2 Å². The zero-order valence-corrected chi connectivity index (χ0v) is 16.6. The highest BCUT2D eigenvalue weighted by molar-refractivity contribution is 6.30. The van der Waals surface area contributed by atoms with E-state index < -0.39 is 5.60 Å². The third-order valence-corrected chi connectivity index (χ3v) is 6.37. The average Bonchev–Trinajstić information content (AvgIpc) is 2.63. The predicted molar refractivity (Wildman–Crippen MR) is 110 cm³/mol. The van der Waals surface area contributed by atoms with Crippen LogP contribution < -0.4 is 5.32 Å². The summed E-state index contributed by atoms with van der Waals surface area (Å²) in [6.45, 7) is 8.08. The second-order valence-corrected chi connectivity index (χ2v) is 8.16. The number of hydrogen-bond donors (Lipinski definition) is 2. The van der Waals surface area contributed by atoms with E-state index >= 15 is 0 Å². The zero-order valence-electron chi connectivity index (χ0n) is 15.1. The van der Waals surface area contributed by atoms with Gasteiger partial charge in [-0.2, -0.15) is 0 Å². The van der Waals surface area contributed by atoms with Gasteiger partial charge in [-0.25, -0.2) is 0 Å². The van der Waals surface area contributed by atoms with Crippen LogP contribution in [0.25, 0.3) is 0 Å². The van der Waals surface area contributed by atoms with Crippen molar-refractivity contribution in [2.24, 2.45) is 11.8 Å². The molecule has 4 heteroatoms. The Morgan fingerprint density at radius 3 is 1.65 bits per heavy atom. The molecule has 3 rings (SSSR count). The van der Waals surface area contributed by atoms with Gasteiger partial charge in [0.15, 0.2) is 0 Å². The van der Waals surface area contributed by atoms with E-state index in [0.29, 0.717) is 16.5 Å². The number of halogens is 2. The monoisotopic (exact) mass is 389 g/mol. The first kappa shape index (κ1) is 19.4. The fraction of sp³-hybridized carbons (Fsp3) is 0.364. The Balaban J connectivity index is 2.03. The van der Waals surface area contributed by atoms with E-state index in [-0.39, 0.29) is 23.9 Å². The van der Waals surface area contributed by atoms with Crippen molar-refractivity contribution in [1.29, 1.82) is 0 Å². The Kier molecular flexibility index (Phi) is 5.78. The van der Waals surface area contributed by atoms with Crippen LogP contribution in [0.5, 0.6) is 0 Å². The van der Waals surface area contributed by atoms with Crippen molar-refractivity contribution in [3.8, 4) is 0 Å². The normalized spacial score (nSPS) is 31.6. The Bertz CT molecular complexity index is 699. The van der Waals surface area contributed by atoms with Crippen LogP contribution in [0.1, 0.15) is 43.5 Å². The minimum atomic E-state index is -0.860. The van der Waals surface area contributed by atoms with Gasteiger partial charge in [0.2, 0.25) is 0 Å². The summed E-state index contributed by atoms with van der Waals surface area (Å²) in [4.78, 5) is 0. The summed E-state index contributed by atoms with van der Waals surface area (Å²) >= 11 is 12.1. The lowest BCUT2D eigenvalue weighted by atomic mass is 9.65. The van der Waals surface area contributed by atoms with Gasteiger partial charge in [0.05, 0.1) is 5.60 Å². The van der Waals surface area contributed by atoms with Gasteiger partial charge in [-0.3, -0.25) is 0 Å². The second-order valence-electron chi connectivity index (χ2n) is 7.29. The van der Waals surface area contributed by atoms with Gasteiger partial charge < -0.3 is 10.4 Å². The van der Waals surface area contributed by atoms with Crippen LogP contribution in [0.15, 0.2) is 61.2 Å². The summed E-state index contributed by atoms with van der Waals surface area (Å²) in [6, 6.07) is 15.7. The number of nitrogens with one attached hydrogen (secondary N) is 1. The van der Waals surface area contributed by atoms with Crippen molar-refractivity contribution < 1.29 is 5.11 Å². The van der Waals surface area contributed by atoms with Gasteiger partial charge in [0.1, 0.15) is 0 Å². The molecule has 1 aliphatic heterocycles. The lowest BCUT2D eigenvalue weighted by Gasteiger charge is -2.52. The lowest BCUT2D eigenvalue weighted by Crippen LogP contribution is -2.57. The van der Waals surface area contributed by atoms with Gasteiger partial charge in [0, 0.05) is 34.0 Å². The molecule has 1 saturated heterocycles. The largest absolute Gasteiger partial charge is 0.389 e. The maximum absolute atomic E-state index is 11.6. The molecule has 1 aliphatic rings. The predicted octanol–water partition coefficient (Wildman–Crippen LogP) is 5.96. The number of benzene rings is 2. The molecule has 2 nitrogen and oxygen atoms in total. The molecule has 0 amide bonds. The first-order chi connectivity index (χ1) is 12.4. The van der Waals surface area contributed by atoms with E-state index in [0.717, 1.165) is 11.1 Å². The molecule has 138 valence electrons. The minimum absolute atomic E-state index is 0.00842.